The van der Waals surface area contributed by atoms with E-state index in [-0.39, 0.29) is 6.42 Å². The Labute approximate surface area is 64.9 Å². The predicted molar refractivity (Wildman–Crippen MR) is 41.1 cm³/mol. The van der Waals surface area contributed by atoms with Crippen molar-refractivity contribution in [1.82, 2.24) is 0 Å². The molecule has 0 aliphatic heterocycles. The summed E-state index contributed by atoms with van der Waals surface area (Å²) in [6, 6.07) is 9.11. The summed E-state index contributed by atoms with van der Waals surface area (Å²) in [7, 11) is 0. The number of alkyl halides is 1. The molecule has 0 amide bonds. The van der Waals surface area contributed by atoms with E-state index in [1.807, 2.05) is 18.2 Å². The first-order valence-electron chi connectivity index (χ1n) is 3.46. The second kappa shape index (κ2) is 3.86. The van der Waals surface area contributed by atoms with Crippen molar-refractivity contribution in [3.63, 3.8) is 0 Å². The monoisotopic (exact) mass is 152 g/mol. The van der Waals surface area contributed by atoms with Crippen molar-refractivity contribution in [3.05, 3.63) is 35.9 Å². The molecule has 0 fully saturated rings. The maximum Gasteiger partial charge on any atom is 0.159 e. The summed E-state index contributed by atoms with van der Waals surface area (Å²) in [5.41, 5.74) is 0.854. The highest BCUT2D eigenvalue weighted by atomic mass is 19.1. The summed E-state index contributed by atoms with van der Waals surface area (Å²) in [4.78, 5) is 9.93. The van der Waals surface area contributed by atoms with Gasteiger partial charge in [-0.15, -0.1) is 0 Å². The van der Waals surface area contributed by atoms with Gasteiger partial charge >= 0.3 is 0 Å². The maximum atomic E-state index is 12.4. The van der Waals surface area contributed by atoms with Crippen LogP contribution in [0.15, 0.2) is 30.3 Å². The molecule has 1 nitrogen and oxygen atoms in total. The second-order valence-electron chi connectivity index (χ2n) is 2.34. The topological polar surface area (TPSA) is 17.1 Å². The molecule has 1 aromatic rings. The van der Waals surface area contributed by atoms with Gasteiger partial charge in [0.2, 0.25) is 0 Å². The fraction of sp³-hybridized carbons (Fsp3) is 0.222. The first-order valence-corrected chi connectivity index (χ1v) is 3.46. The molecule has 0 aliphatic rings. The van der Waals surface area contributed by atoms with Crippen LogP contribution in [0.3, 0.4) is 0 Å². The van der Waals surface area contributed by atoms with Gasteiger partial charge in [-0.2, -0.15) is 0 Å². The number of rotatable bonds is 3. The summed E-state index contributed by atoms with van der Waals surface area (Å²) in [6.45, 7) is 0. The molecule has 0 bridgehead atoms. The lowest BCUT2D eigenvalue weighted by Crippen LogP contribution is -2.04. The van der Waals surface area contributed by atoms with Gasteiger partial charge < -0.3 is 4.79 Å². The average molecular weight is 152 g/mol. The van der Waals surface area contributed by atoms with Crippen LogP contribution < -0.4 is 0 Å². The van der Waals surface area contributed by atoms with Crippen molar-refractivity contribution in [2.45, 2.75) is 12.6 Å². The Kier molecular flexibility index (Phi) is 2.78. The van der Waals surface area contributed by atoms with Crippen LogP contribution in [0.2, 0.25) is 0 Å². The molecule has 1 atom stereocenters. The van der Waals surface area contributed by atoms with Crippen LogP contribution in [-0.4, -0.2) is 12.5 Å². The molecule has 11 heavy (non-hydrogen) atoms. The maximum absolute atomic E-state index is 12.4. The van der Waals surface area contributed by atoms with Gasteiger partial charge in [-0.1, -0.05) is 30.3 Å². The first kappa shape index (κ1) is 7.92. The Morgan fingerprint density at radius 3 is 2.55 bits per heavy atom. The Hall–Kier alpha value is -1.18. The average Bonchev–Trinajstić information content (AvgIpc) is 2.06. The molecule has 0 saturated carbocycles. The van der Waals surface area contributed by atoms with Gasteiger partial charge in [0.25, 0.3) is 0 Å². The summed E-state index contributed by atoms with van der Waals surface area (Å²) in [5.74, 6) is 0. The smallest absolute Gasteiger partial charge is 0.159 e. The molecule has 0 N–H and O–H groups in total. The number of hydrogen-bond acceptors (Lipinski definition) is 1. The quantitative estimate of drug-likeness (QED) is 0.603. The minimum Gasteiger partial charge on any atom is -0.300 e. The van der Waals surface area contributed by atoms with Crippen molar-refractivity contribution in [2.75, 3.05) is 0 Å². The van der Waals surface area contributed by atoms with Crippen LogP contribution in [-0.2, 0) is 11.2 Å². The lowest BCUT2D eigenvalue weighted by atomic mass is 10.1. The fourth-order valence-corrected chi connectivity index (χ4v) is 0.887. The van der Waals surface area contributed by atoms with Crippen LogP contribution in [0.1, 0.15) is 5.56 Å². The zero-order valence-electron chi connectivity index (χ0n) is 6.03. The van der Waals surface area contributed by atoms with Crippen LogP contribution in [0.4, 0.5) is 4.39 Å². The highest BCUT2D eigenvalue weighted by Crippen LogP contribution is 2.03. The molecule has 0 heterocycles. The van der Waals surface area contributed by atoms with E-state index in [4.69, 9.17) is 0 Å². The normalized spacial score (nSPS) is 12.5. The van der Waals surface area contributed by atoms with Crippen LogP contribution in [0, 0.1) is 0 Å². The molecule has 1 rings (SSSR count). The lowest BCUT2D eigenvalue weighted by molar-refractivity contribution is -0.111. The lowest BCUT2D eigenvalue weighted by Gasteiger charge is -1.98. The number of aldehydes is 1. The molecule has 0 aliphatic carbocycles. The van der Waals surface area contributed by atoms with E-state index >= 15 is 0 Å². The van der Waals surface area contributed by atoms with Crippen molar-refractivity contribution in [1.29, 1.82) is 0 Å². The highest BCUT2D eigenvalue weighted by Gasteiger charge is 2.03. The number of halogens is 1. The SMILES string of the molecule is O=C[C@H](F)Cc1ccccc1. The molecule has 1 aromatic carbocycles. The van der Waals surface area contributed by atoms with E-state index in [2.05, 4.69) is 0 Å². The number of benzene rings is 1. The van der Waals surface area contributed by atoms with Gasteiger partial charge in [-0.3, -0.25) is 0 Å². The zero-order valence-corrected chi connectivity index (χ0v) is 6.03. The molecule has 0 unspecified atom stereocenters. The minimum atomic E-state index is -1.36. The van der Waals surface area contributed by atoms with Crippen molar-refractivity contribution < 1.29 is 9.18 Å². The third-order valence-corrected chi connectivity index (χ3v) is 1.42. The predicted octanol–water partition coefficient (Wildman–Crippen LogP) is 1.77. The number of carbonyl (C=O) groups is 1. The fourth-order valence-electron chi connectivity index (χ4n) is 0.887. The number of hydrogen-bond donors (Lipinski definition) is 0. The molecular weight excluding hydrogens is 143 g/mol. The summed E-state index contributed by atoms with van der Waals surface area (Å²) >= 11 is 0. The third kappa shape index (κ3) is 2.50. The van der Waals surface area contributed by atoms with E-state index in [1.54, 1.807) is 12.1 Å². The van der Waals surface area contributed by atoms with Crippen molar-refractivity contribution >= 4 is 6.29 Å². The summed E-state index contributed by atoms with van der Waals surface area (Å²) in [5, 5.41) is 0. The Morgan fingerprint density at radius 1 is 1.36 bits per heavy atom. The van der Waals surface area contributed by atoms with E-state index < -0.39 is 6.17 Å². The van der Waals surface area contributed by atoms with E-state index in [0.717, 1.165) is 5.56 Å². The van der Waals surface area contributed by atoms with Gasteiger partial charge in [0.15, 0.2) is 12.5 Å². The third-order valence-electron chi connectivity index (χ3n) is 1.42. The Balaban J connectivity index is 2.57. The van der Waals surface area contributed by atoms with Crippen LogP contribution >= 0.6 is 0 Å². The summed E-state index contributed by atoms with van der Waals surface area (Å²) in [6.07, 6.45) is -0.852. The molecule has 0 saturated heterocycles. The van der Waals surface area contributed by atoms with Gasteiger partial charge in [-0.25, -0.2) is 4.39 Å². The molecule has 0 spiro atoms. The van der Waals surface area contributed by atoms with Gasteiger partial charge in [0.1, 0.15) is 0 Å². The highest BCUT2D eigenvalue weighted by molar-refractivity contribution is 5.56. The molecule has 0 aromatic heterocycles. The molecule has 2 heteroatoms. The van der Waals surface area contributed by atoms with E-state index in [0.29, 0.717) is 6.29 Å². The summed E-state index contributed by atoms with van der Waals surface area (Å²) < 4.78 is 12.4. The molecule has 58 valence electrons. The second-order valence-corrected chi connectivity index (χ2v) is 2.34. The van der Waals surface area contributed by atoms with Gasteiger partial charge in [0, 0.05) is 6.42 Å². The van der Waals surface area contributed by atoms with Gasteiger partial charge in [-0.05, 0) is 5.56 Å². The zero-order chi connectivity index (χ0) is 8.10. The Bertz CT molecular complexity index is 220. The van der Waals surface area contributed by atoms with Gasteiger partial charge in [0.05, 0.1) is 0 Å². The van der Waals surface area contributed by atoms with Crippen molar-refractivity contribution in [2.24, 2.45) is 0 Å². The largest absolute Gasteiger partial charge is 0.300 e. The Morgan fingerprint density at radius 2 is 2.00 bits per heavy atom. The van der Waals surface area contributed by atoms with E-state index in [9.17, 15) is 9.18 Å². The molecule has 0 radical (unpaired) electrons. The van der Waals surface area contributed by atoms with Crippen LogP contribution in [0.25, 0.3) is 0 Å². The number of carbonyl (C=O) groups excluding carboxylic acids is 1. The van der Waals surface area contributed by atoms with E-state index in [1.165, 1.54) is 0 Å². The first-order chi connectivity index (χ1) is 5.33. The standard InChI is InChI=1S/C9H9FO/c10-9(7-11)6-8-4-2-1-3-5-8/h1-5,7,9H,6H2/t9-/m1/s1. The minimum absolute atomic E-state index is 0.185. The van der Waals surface area contributed by atoms with Crippen LogP contribution in [0.5, 0.6) is 0 Å². The van der Waals surface area contributed by atoms with Crippen molar-refractivity contribution in [3.8, 4) is 0 Å². The molecular formula is C9H9FO.